The maximum atomic E-state index is 5.33. The van der Waals surface area contributed by atoms with E-state index >= 15 is 0 Å². The summed E-state index contributed by atoms with van der Waals surface area (Å²) in [5.74, 6) is 0. The largest absolute Gasteiger partial charge is 0.255 e. The monoisotopic (exact) mass is 485 g/mol. The Hall–Kier alpha value is -5.15. The first-order valence-electron chi connectivity index (χ1n) is 12.7. The van der Waals surface area contributed by atoms with Crippen LogP contribution in [0.5, 0.6) is 0 Å². The van der Waals surface area contributed by atoms with E-state index in [1.165, 1.54) is 16.5 Å². The van der Waals surface area contributed by atoms with Gasteiger partial charge in [-0.2, -0.15) is 0 Å². The molecule has 0 radical (unpaired) electrons. The van der Waals surface area contributed by atoms with Crippen LogP contribution in [-0.2, 0) is 0 Å². The van der Waals surface area contributed by atoms with Crippen molar-refractivity contribution in [1.29, 1.82) is 0 Å². The Bertz CT molecular complexity index is 1880. The van der Waals surface area contributed by atoms with Crippen molar-refractivity contribution >= 4 is 21.7 Å². The molecule has 3 heterocycles. The minimum Gasteiger partial charge on any atom is -0.255 e. The van der Waals surface area contributed by atoms with Gasteiger partial charge in [-0.1, -0.05) is 109 Å². The molecule has 0 bridgehead atoms. The summed E-state index contributed by atoms with van der Waals surface area (Å²) in [6.07, 6.45) is 3.72. The maximum Gasteiger partial charge on any atom is 0.0886 e. The molecule has 0 spiro atoms. The van der Waals surface area contributed by atoms with Gasteiger partial charge < -0.3 is 0 Å². The topological polar surface area (TPSA) is 38.7 Å². The van der Waals surface area contributed by atoms with Crippen LogP contribution in [0.1, 0.15) is 0 Å². The molecular formula is C35H23N3. The van der Waals surface area contributed by atoms with Crippen LogP contribution in [-0.4, -0.2) is 15.0 Å². The van der Waals surface area contributed by atoms with Gasteiger partial charge in [0.15, 0.2) is 0 Å². The Morgan fingerprint density at radius 3 is 1.82 bits per heavy atom. The lowest BCUT2D eigenvalue weighted by atomic mass is 9.91. The second kappa shape index (κ2) is 9.38. The molecule has 7 rings (SSSR count). The number of nitrogens with zero attached hydrogens (tertiary/aromatic N) is 3. The summed E-state index contributed by atoms with van der Waals surface area (Å²) in [5.41, 5.74) is 9.24. The van der Waals surface area contributed by atoms with Crippen LogP contribution in [0.25, 0.3) is 66.6 Å². The first kappa shape index (κ1) is 22.1. The zero-order chi connectivity index (χ0) is 25.3. The summed E-state index contributed by atoms with van der Waals surface area (Å²) in [6, 6.07) is 44.0. The van der Waals surface area contributed by atoms with E-state index in [4.69, 9.17) is 9.97 Å². The fraction of sp³-hybridized carbons (Fsp3) is 0. The number of para-hydroxylation sites is 1. The van der Waals surface area contributed by atoms with Crippen LogP contribution >= 0.6 is 0 Å². The first-order chi connectivity index (χ1) is 18.9. The number of hydrogen-bond donors (Lipinski definition) is 0. The summed E-state index contributed by atoms with van der Waals surface area (Å²) in [5, 5.41) is 3.48. The van der Waals surface area contributed by atoms with E-state index in [1.54, 1.807) is 6.20 Å². The van der Waals surface area contributed by atoms with E-state index in [9.17, 15) is 0 Å². The lowest BCUT2D eigenvalue weighted by Crippen LogP contribution is -1.94. The van der Waals surface area contributed by atoms with Gasteiger partial charge in [0.2, 0.25) is 0 Å². The summed E-state index contributed by atoms with van der Waals surface area (Å²) in [6.45, 7) is 0. The van der Waals surface area contributed by atoms with E-state index in [1.807, 2.05) is 36.5 Å². The summed E-state index contributed by atoms with van der Waals surface area (Å²) in [4.78, 5) is 14.5. The van der Waals surface area contributed by atoms with Gasteiger partial charge in [-0.15, -0.1) is 0 Å². The molecular weight excluding hydrogens is 462 g/mol. The molecule has 0 saturated carbocycles. The Morgan fingerprint density at radius 2 is 1.11 bits per heavy atom. The van der Waals surface area contributed by atoms with Gasteiger partial charge in [0.05, 0.1) is 22.6 Å². The zero-order valence-corrected chi connectivity index (χ0v) is 20.6. The van der Waals surface area contributed by atoms with Crippen molar-refractivity contribution in [2.24, 2.45) is 0 Å². The third-order valence-electron chi connectivity index (χ3n) is 6.98. The van der Waals surface area contributed by atoms with Gasteiger partial charge in [0, 0.05) is 45.2 Å². The van der Waals surface area contributed by atoms with Crippen LogP contribution in [0.4, 0.5) is 0 Å². The van der Waals surface area contributed by atoms with Crippen LogP contribution in [0.2, 0.25) is 0 Å². The lowest BCUT2D eigenvalue weighted by Gasteiger charge is -2.16. The molecule has 0 amide bonds. The van der Waals surface area contributed by atoms with Crippen LogP contribution in [0.3, 0.4) is 0 Å². The average molecular weight is 486 g/mol. The summed E-state index contributed by atoms with van der Waals surface area (Å²) >= 11 is 0. The van der Waals surface area contributed by atoms with Crippen molar-refractivity contribution in [2.45, 2.75) is 0 Å². The highest BCUT2D eigenvalue weighted by Crippen LogP contribution is 2.41. The highest BCUT2D eigenvalue weighted by molar-refractivity contribution is 6.19. The number of pyridine rings is 3. The highest BCUT2D eigenvalue weighted by Gasteiger charge is 2.17. The fourth-order valence-electron chi connectivity index (χ4n) is 5.20. The molecule has 4 aromatic carbocycles. The van der Waals surface area contributed by atoms with E-state index in [2.05, 4.69) is 102 Å². The van der Waals surface area contributed by atoms with E-state index < -0.39 is 0 Å². The zero-order valence-electron chi connectivity index (χ0n) is 20.6. The van der Waals surface area contributed by atoms with Crippen molar-refractivity contribution < 1.29 is 0 Å². The van der Waals surface area contributed by atoms with Crippen molar-refractivity contribution in [1.82, 2.24) is 15.0 Å². The molecule has 0 saturated heterocycles. The molecule has 0 atom stereocenters. The predicted octanol–water partition coefficient (Wildman–Crippen LogP) is 8.85. The highest BCUT2D eigenvalue weighted by atomic mass is 14.8. The minimum absolute atomic E-state index is 0.851. The molecule has 3 nitrogen and oxygen atoms in total. The van der Waals surface area contributed by atoms with Crippen LogP contribution in [0, 0.1) is 0 Å². The van der Waals surface area contributed by atoms with Gasteiger partial charge in [-0.05, 0) is 29.3 Å². The summed E-state index contributed by atoms with van der Waals surface area (Å²) in [7, 11) is 0. The van der Waals surface area contributed by atoms with Gasteiger partial charge in [0.1, 0.15) is 0 Å². The first-order valence-corrected chi connectivity index (χ1v) is 12.7. The van der Waals surface area contributed by atoms with Crippen LogP contribution < -0.4 is 0 Å². The Balaban J connectivity index is 1.52. The Labute approximate surface area is 221 Å². The molecule has 0 aliphatic heterocycles. The second-order valence-electron chi connectivity index (χ2n) is 9.27. The molecule has 3 heteroatoms. The third kappa shape index (κ3) is 3.82. The molecule has 38 heavy (non-hydrogen) atoms. The van der Waals surface area contributed by atoms with Gasteiger partial charge in [0.25, 0.3) is 0 Å². The maximum absolute atomic E-state index is 5.33. The minimum atomic E-state index is 0.851. The quantitative estimate of drug-likeness (QED) is 0.234. The number of benzene rings is 4. The Kier molecular flexibility index (Phi) is 5.45. The smallest absolute Gasteiger partial charge is 0.0886 e. The second-order valence-corrected chi connectivity index (χ2v) is 9.27. The number of hydrogen-bond acceptors (Lipinski definition) is 3. The number of fused-ring (bicyclic) bond motifs is 3. The van der Waals surface area contributed by atoms with E-state index in [0.717, 1.165) is 50.1 Å². The lowest BCUT2D eigenvalue weighted by molar-refractivity contribution is 1.25. The summed E-state index contributed by atoms with van der Waals surface area (Å²) < 4.78 is 0. The van der Waals surface area contributed by atoms with Gasteiger partial charge in [-0.3, -0.25) is 9.97 Å². The SMILES string of the molecule is c1ccc(-c2nc3c(-c4ccc(-c5ccccn5)nc4)cccc3c3c(-c4ccccc4)cccc23)cc1. The molecule has 0 unspecified atom stereocenters. The van der Waals surface area contributed by atoms with Gasteiger partial charge >= 0.3 is 0 Å². The molecule has 7 aromatic rings. The normalized spacial score (nSPS) is 11.2. The standard InChI is InChI=1S/C35H23N3/c1-3-11-24(12-4-1)27-15-9-17-29-33(27)30-18-10-16-28(35(30)38-34(29)25-13-5-2-6-14-25)26-20-21-32(37-23-26)31-19-7-8-22-36-31/h1-23H. The number of rotatable bonds is 4. The van der Waals surface area contributed by atoms with Crippen molar-refractivity contribution in [2.75, 3.05) is 0 Å². The van der Waals surface area contributed by atoms with E-state index in [0.29, 0.717) is 0 Å². The number of aromatic nitrogens is 3. The van der Waals surface area contributed by atoms with E-state index in [-0.39, 0.29) is 0 Å². The molecule has 0 aliphatic rings. The third-order valence-corrected chi connectivity index (χ3v) is 6.98. The van der Waals surface area contributed by atoms with Crippen molar-refractivity contribution in [3.8, 4) is 44.9 Å². The van der Waals surface area contributed by atoms with Crippen molar-refractivity contribution in [3.05, 3.63) is 140 Å². The van der Waals surface area contributed by atoms with Crippen molar-refractivity contribution in [3.63, 3.8) is 0 Å². The Morgan fingerprint density at radius 1 is 0.421 bits per heavy atom. The molecule has 178 valence electrons. The molecule has 0 aliphatic carbocycles. The molecule has 0 N–H and O–H groups in total. The molecule has 3 aromatic heterocycles. The predicted molar refractivity (Wildman–Crippen MR) is 157 cm³/mol. The van der Waals surface area contributed by atoms with Gasteiger partial charge in [-0.25, -0.2) is 4.98 Å². The average Bonchev–Trinajstić information content (AvgIpc) is 3.01. The van der Waals surface area contributed by atoms with Crippen LogP contribution in [0.15, 0.2) is 140 Å². The fourth-order valence-corrected chi connectivity index (χ4v) is 5.20. The molecule has 0 fully saturated rings.